The standard InChI is InChI=1S/C9H17NO2S/c11-6-7-13-8-9(12)10-4-2-1-3-5-10/h11H,1-8H2. The summed E-state index contributed by atoms with van der Waals surface area (Å²) in [6.07, 6.45) is 3.56. The Hall–Kier alpha value is -0.220. The molecule has 0 saturated carbocycles. The van der Waals surface area contributed by atoms with Gasteiger partial charge in [-0.1, -0.05) is 0 Å². The van der Waals surface area contributed by atoms with Crippen molar-refractivity contribution in [3.63, 3.8) is 0 Å². The van der Waals surface area contributed by atoms with Crippen molar-refractivity contribution in [1.29, 1.82) is 0 Å². The fraction of sp³-hybridized carbons (Fsp3) is 0.889. The van der Waals surface area contributed by atoms with Gasteiger partial charge in [-0.2, -0.15) is 0 Å². The van der Waals surface area contributed by atoms with Gasteiger partial charge in [-0.15, -0.1) is 11.8 Å². The zero-order chi connectivity index (χ0) is 9.52. The molecule has 1 N–H and O–H groups in total. The number of piperidine rings is 1. The quantitative estimate of drug-likeness (QED) is 0.685. The fourth-order valence-corrected chi connectivity index (χ4v) is 2.09. The molecule has 1 fully saturated rings. The van der Waals surface area contributed by atoms with E-state index in [1.807, 2.05) is 4.90 Å². The summed E-state index contributed by atoms with van der Waals surface area (Å²) in [7, 11) is 0. The van der Waals surface area contributed by atoms with E-state index in [0.717, 1.165) is 25.9 Å². The number of aliphatic hydroxyl groups is 1. The summed E-state index contributed by atoms with van der Waals surface area (Å²) >= 11 is 1.51. The van der Waals surface area contributed by atoms with Gasteiger partial charge in [0.1, 0.15) is 0 Å². The van der Waals surface area contributed by atoms with Gasteiger partial charge in [0.2, 0.25) is 5.91 Å². The van der Waals surface area contributed by atoms with Gasteiger partial charge < -0.3 is 10.0 Å². The first-order valence-corrected chi connectivity index (χ1v) is 5.96. The van der Waals surface area contributed by atoms with E-state index < -0.39 is 0 Å². The number of hydrogen-bond acceptors (Lipinski definition) is 3. The Labute approximate surface area is 83.5 Å². The SMILES string of the molecule is O=C(CSCCO)N1CCCCC1. The lowest BCUT2D eigenvalue weighted by Gasteiger charge is -2.26. The van der Waals surface area contributed by atoms with Crippen molar-refractivity contribution >= 4 is 17.7 Å². The normalized spacial score (nSPS) is 17.5. The minimum absolute atomic E-state index is 0.165. The van der Waals surface area contributed by atoms with Crippen LogP contribution in [0.25, 0.3) is 0 Å². The average Bonchev–Trinajstić information content (AvgIpc) is 2.19. The van der Waals surface area contributed by atoms with Gasteiger partial charge in [-0.3, -0.25) is 4.79 Å². The van der Waals surface area contributed by atoms with Gasteiger partial charge in [0.05, 0.1) is 12.4 Å². The Kier molecular flexibility index (Phi) is 5.23. The van der Waals surface area contributed by atoms with Gasteiger partial charge in [0, 0.05) is 18.8 Å². The van der Waals surface area contributed by atoms with Gasteiger partial charge in [-0.25, -0.2) is 0 Å². The second-order valence-corrected chi connectivity index (χ2v) is 4.32. The van der Waals surface area contributed by atoms with Crippen LogP contribution in [0.5, 0.6) is 0 Å². The summed E-state index contributed by atoms with van der Waals surface area (Å²) in [6, 6.07) is 0. The van der Waals surface area contributed by atoms with Crippen LogP contribution in [0.1, 0.15) is 19.3 Å². The van der Waals surface area contributed by atoms with Crippen LogP contribution >= 0.6 is 11.8 Å². The molecule has 1 saturated heterocycles. The van der Waals surface area contributed by atoms with Crippen molar-refractivity contribution in [2.75, 3.05) is 31.2 Å². The molecule has 1 aliphatic heterocycles. The van der Waals surface area contributed by atoms with Gasteiger partial charge >= 0.3 is 0 Å². The molecule has 13 heavy (non-hydrogen) atoms. The molecule has 0 atom stereocenters. The van der Waals surface area contributed by atoms with E-state index in [0.29, 0.717) is 11.5 Å². The predicted octanol–water partition coefficient (Wildman–Crippen LogP) is 0.724. The van der Waals surface area contributed by atoms with Gasteiger partial charge in [0.15, 0.2) is 0 Å². The van der Waals surface area contributed by atoms with E-state index in [1.54, 1.807) is 0 Å². The van der Waals surface area contributed by atoms with Crippen molar-refractivity contribution in [2.45, 2.75) is 19.3 Å². The third-order valence-electron chi connectivity index (χ3n) is 2.17. The van der Waals surface area contributed by atoms with E-state index in [2.05, 4.69) is 0 Å². The Morgan fingerprint density at radius 1 is 1.31 bits per heavy atom. The molecule has 0 bridgehead atoms. The van der Waals surface area contributed by atoms with Crippen LogP contribution in [0.15, 0.2) is 0 Å². The van der Waals surface area contributed by atoms with Crippen LogP contribution in [0.4, 0.5) is 0 Å². The Morgan fingerprint density at radius 2 is 2.00 bits per heavy atom. The van der Waals surface area contributed by atoms with Crippen LogP contribution in [0, 0.1) is 0 Å². The highest BCUT2D eigenvalue weighted by Gasteiger charge is 2.15. The molecule has 0 spiro atoms. The Balaban J connectivity index is 2.13. The van der Waals surface area contributed by atoms with E-state index in [-0.39, 0.29) is 12.5 Å². The monoisotopic (exact) mass is 203 g/mol. The van der Waals surface area contributed by atoms with Gasteiger partial charge in [0.25, 0.3) is 0 Å². The maximum atomic E-state index is 11.5. The molecule has 0 aromatic heterocycles. The molecule has 0 aromatic rings. The molecule has 4 heteroatoms. The number of nitrogens with zero attached hydrogens (tertiary/aromatic N) is 1. The maximum Gasteiger partial charge on any atom is 0.232 e. The summed E-state index contributed by atoms with van der Waals surface area (Å²) < 4.78 is 0. The minimum Gasteiger partial charge on any atom is -0.396 e. The molecule has 1 amide bonds. The third kappa shape index (κ3) is 4.00. The van der Waals surface area contributed by atoms with Crippen molar-refractivity contribution in [3.8, 4) is 0 Å². The second-order valence-electron chi connectivity index (χ2n) is 3.22. The molecular weight excluding hydrogens is 186 g/mol. The highest BCUT2D eigenvalue weighted by Crippen LogP contribution is 2.10. The lowest BCUT2D eigenvalue weighted by Crippen LogP contribution is -2.36. The van der Waals surface area contributed by atoms with Gasteiger partial charge in [-0.05, 0) is 19.3 Å². The number of amides is 1. The Morgan fingerprint density at radius 3 is 2.62 bits per heavy atom. The Bertz CT molecular complexity index is 158. The minimum atomic E-state index is 0.165. The smallest absolute Gasteiger partial charge is 0.232 e. The number of thioether (sulfide) groups is 1. The molecular formula is C9H17NO2S. The van der Waals surface area contributed by atoms with E-state index in [9.17, 15) is 4.79 Å². The van der Waals surface area contributed by atoms with Crippen LogP contribution in [-0.4, -0.2) is 47.1 Å². The zero-order valence-corrected chi connectivity index (χ0v) is 8.68. The van der Waals surface area contributed by atoms with Crippen LogP contribution in [0.2, 0.25) is 0 Å². The molecule has 0 unspecified atom stereocenters. The molecule has 1 heterocycles. The molecule has 1 rings (SSSR count). The lowest BCUT2D eigenvalue weighted by atomic mass is 10.1. The molecule has 0 radical (unpaired) electrons. The number of aliphatic hydroxyl groups excluding tert-OH is 1. The summed E-state index contributed by atoms with van der Waals surface area (Å²) in [4.78, 5) is 13.4. The zero-order valence-electron chi connectivity index (χ0n) is 7.87. The largest absolute Gasteiger partial charge is 0.396 e. The van der Waals surface area contributed by atoms with Crippen LogP contribution in [-0.2, 0) is 4.79 Å². The van der Waals surface area contributed by atoms with Crippen LogP contribution in [0.3, 0.4) is 0 Å². The number of rotatable bonds is 4. The number of carbonyl (C=O) groups is 1. The third-order valence-corrected chi connectivity index (χ3v) is 3.09. The first-order valence-electron chi connectivity index (χ1n) is 4.81. The summed E-state index contributed by atoms with van der Waals surface area (Å²) in [5, 5.41) is 8.54. The molecule has 1 aliphatic rings. The van der Waals surface area contributed by atoms with E-state index in [4.69, 9.17) is 5.11 Å². The average molecular weight is 203 g/mol. The van der Waals surface area contributed by atoms with Crippen molar-refractivity contribution in [3.05, 3.63) is 0 Å². The topological polar surface area (TPSA) is 40.5 Å². The number of carbonyl (C=O) groups excluding carboxylic acids is 1. The number of likely N-dealkylation sites (tertiary alicyclic amines) is 1. The molecule has 0 aliphatic carbocycles. The summed E-state index contributed by atoms with van der Waals surface area (Å²) in [5.74, 6) is 1.43. The maximum absolute atomic E-state index is 11.5. The molecule has 0 aromatic carbocycles. The van der Waals surface area contributed by atoms with E-state index in [1.165, 1.54) is 18.2 Å². The van der Waals surface area contributed by atoms with Crippen molar-refractivity contribution in [2.24, 2.45) is 0 Å². The number of hydrogen-bond donors (Lipinski definition) is 1. The summed E-state index contributed by atoms with van der Waals surface area (Å²) in [5.41, 5.74) is 0. The first kappa shape index (κ1) is 10.9. The highest BCUT2D eigenvalue weighted by molar-refractivity contribution is 7.99. The summed E-state index contributed by atoms with van der Waals surface area (Å²) in [6.45, 7) is 2.02. The van der Waals surface area contributed by atoms with Crippen molar-refractivity contribution in [1.82, 2.24) is 4.90 Å². The predicted molar refractivity (Wildman–Crippen MR) is 54.8 cm³/mol. The van der Waals surface area contributed by atoms with Crippen molar-refractivity contribution < 1.29 is 9.90 Å². The van der Waals surface area contributed by atoms with E-state index >= 15 is 0 Å². The molecule has 76 valence electrons. The second kappa shape index (κ2) is 6.27. The highest BCUT2D eigenvalue weighted by atomic mass is 32.2. The lowest BCUT2D eigenvalue weighted by molar-refractivity contribution is -0.129. The molecule has 3 nitrogen and oxygen atoms in total. The first-order chi connectivity index (χ1) is 6.34. The fourth-order valence-electron chi connectivity index (χ4n) is 1.46. The van der Waals surface area contributed by atoms with Crippen LogP contribution < -0.4 is 0 Å².